The maximum Gasteiger partial charge on any atom is 0.256 e. The van der Waals surface area contributed by atoms with Crippen molar-refractivity contribution in [3.63, 3.8) is 0 Å². The summed E-state index contributed by atoms with van der Waals surface area (Å²) in [6.07, 6.45) is 3.34. The first-order valence-corrected chi connectivity index (χ1v) is 7.88. The SMILES string of the molecule is CN(CC(C)(C)CN)C(=O)c1cnn(-c2ccc(Br)cc2)c1. The van der Waals surface area contributed by atoms with Crippen LogP contribution in [0, 0.1) is 5.41 Å². The molecule has 0 unspecified atom stereocenters. The Labute approximate surface area is 139 Å². The molecule has 0 saturated heterocycles. The van der Waals surface area contributed by atoms with Crippen LogP contribution >= 0.6 is 15.9 Å². The fourth-order valence-electron chi connectivity index (χ4n) is 2.17. The summed E-state index contributed by atoms with van der Waals surface area (Å²) < 4.78 is 2.70. The summed E-state index contributed by atoms with van der Waals surface area (Å²) in [6.45, 7) is 5.22. The van der Waals surface area contributed by atoms with Crippen molar-refractivity contribution < 1.29 is 4.79 Å². The van der Waals surface area contributed by atoms with Crippen LogP contribution in [0.25, 0.3) is 5.69 Å². The van der Waals surface area contributed by atoms with Gasteiger partial charge in [-0.05, 0) is 36.2 Å². The molecule has 0 saturated carbocycles. The second-order valence-electron chi connectivity index (χ2n) is 6.18. The molecule has 1 amide bonds. The van der Waals surface area contributed by atoms with Crippen LogP contribution < -0.4 is 5.73 Å². The molecule has 2 N–H and O–H groups in total. The van der Waals surface area contributed by atoms with Gasteiger partial charge in [-0.3, -0.25) is 4.79 Å². The molecule has 118 valence electrons. The zero-order chi connectivity index (χ0) is 16.3. The van der Waals surface area contributed by atoms with Crippen LogP contribution in [-0.2, 0) is 0 Å². The van der Waals surface area contributed by atoms with Crippen molar-refractivity contribution in [3.8, 4) is 5.69 Å². The molecule has 0 radical (unpaired) electrons. The molecule has 0 atom stereocenters. The van der Waals surface area contributed by atoms with Gasteiger partial charge in [-0.2, -0.15) is 5.10 Å². The number of rotatable bonds is 5. The van der Waals surface area contributed by atoms with E-state index in [1.165, 1.54) is 0 Å². The molecule has 1 aromatic carbocycles. The maximum absolute atomic E-state index is 12.5. The van der Waals surface area contributed by atoms with Crippen molar-refractivity contribution in [1.82, 2.24) is 14.7 Å². The first-order chi connectivity index (χ1) is 10.3. The van der Waals surface area contributed by atoms with Gasteiger partial charge in [0.2, 0.25) is 0 Å². The quantitative estimate of drug-likeness (QED) is 0.886. The fraction of sp³-hybridized carbons (Fsp3) is 0.375. The zero-order valence-corrected chi connectivity index (χ0v) is 14.7. The van der Waals surface area contributed by atoms with E-state index in [0.29, 0.717) is 18.7 Å². The van der Waals surface area contributed by atoms with Gasteiger partial charge in [0.15, 0.2) is 0 Å². The molecule has 22 heavy (non-hydrogen) atoms. The van der Waals surface area contributed by atoms with Gasteiger partial charge < -0.3 is 10.6 Å². The lowest BCUT2D eigenvalue weighted by atomic mass is 9.93. The second kappa shape index (κ2) is 6.62. The summed E-state index contributed by atoms with van der Waals surface area (Å²) in [5, 5.41) is 4.27. The van der Waals surface area contributed by atoms with Gasteiger partial charge in [0, 0.05) is 24.3 Å². The summed E-state index contributed by atoms with van der Waals surface area (Å²) in [5.41, 5.74) is 7.10. The minimum atomic E-state index is -0.105. The van der Waals surface area contributed by atoms with Crippen LogP contribution in [0.5, 0.6) is 0 Å². The minimum Gasteiger partial charge on any atom is -0.341 e. The first-order valence-electron chi connectivity index (χ1n) is 7.08. The number of carbonyl (C=O) groups excluding carboxylic acids is 1. The fourth-order valence-corrected chi connectivity index (χ4v) is 2.43. The van der Waals surface area contributed by atoms with E-state index in [-0.39, 0.29) is 11.3 Å². The topological polar surface area (TPSA) is 64.2 Å². The molecule has 0 bridgehead atoms. The van der Waals surface area contributed by atoms with Crippen LogP contribution in [0.3, 0.4) is 0 Å². The Balaban J connectivity index is 2.13. The van der Waals surface area contributed by atoms with E-state index in [9.17, 15) is 4.79 Å². The van der Waals surface area contributed by atoms with Gasteiger partial charge >= 0.3 is 0 Å². The standard InChI is InChI=1S/C16H21BrN4O/c1-16(2,10-18)11-20(3)15(22)12-8-19-21(9-12)14-6-4-13(17)5-7-14/h4-9H,10-11,18H2,1-3H3. The van der Waals surface area contributed by atoms with Crippen LogP contribution in [-0.4, -0.2) is 40.7 Å². The van der Waals surface area contributed by atoms with Gasteiger partial charge in [0.25, 0.3) is 5.91 Å². The van der Waals surface area contributed by atoms with Crippen molar-refractivity contribution in [3.05, 3.63) is 46.7 Å². The molecule has 1 aromatic heterocycles. The van der Waals surface area contributed by atoms with Crippen LogP contribution in [0.1, 0.15) is 24.2 Å². The highest BCUT2D eigenvalue weighted by atomic mass is 79.9. The van der Waals surface area contributed by atoms with Gasteiger partial charge in [-0.15, -0.1) is 0 Å². The first kappa shape index (κ1) is 16.7. The van der Waals surface area contributed by atoms with Crippen LogP contribution in [0.2, 0.25) is 0 Å². The molecule has 0 aliphatic heterocycles. The second-order valence-corrected chi connectivity index (χ2v) is 7.10. The van der Waals surface area contributed by atoms with Crippen LogP contribution in [0.15, 0.2) is 41.1 Å². The normalized spacial score (nSPS) is 11.5. The number of hydrogen-bond donors (Lipinski definition) is 1. The summed E-state index contributed by atoms with van der Waals surface area (Å²) >= 11 is 3.40. The van der Waals surface area contributed by atoms with E-state index in [2.05, 4.69) is 21.0 Å². The molecule has 0 spiro atoms. The predicted molar refractivity (Wildman–Crippen MR) is 91.1 cm³/mol. The lowest BCUT2D eigenvalue weighted by Gasteiger charge is -2.28. The monoisotopic (exact) mass is 364 g/mol. The zero-order valence-electron chi connectivity index (χ0n) is 13.1. The van der Waals surface area contributed by atoms with E-state index < -0.39 is 0 Å². The summed E-state index contributed by atoms with van der Waals surface area (Å²) in [7, 11) is 1.79. The van der Waals surface area contributed by atoms with E-state index in [0.717, 1.165) is 10.2 Å². The van der Waals surface area contributed by atoms with Crippen LogP contribution in [0.4, 0.5) is 0 Å². The number of amides is 1. The average molecular weight is 365 g/mol. The van der Waals surface area contributed by atoms with Crippen molar-refractivity contribution in [2.75, 3.05) is 20.1 Å². The minimum absolute atomic E-state index is 0.0510. The molecule has 0 aliphatic rings. The van der Waals surface area contributed by atoms with E-state index in [4.69, 9.17) is 5.73 Å². The molecule has 0 fully saturated rings. The smallest absolute Gasteiger partial charge is 0.256 e. The Morgan fingerprint density at radius 2 is 2.00 bits per heavy atom. The Hall–Kier alpha value is -1.66. The third-order valence-corrected chi connectivity index (χ3v) is 4.01. The van der Waals surface area contributed by atoms with Crippen molar-refractivity contribution in [1.29, 1.82) is 0 Å². The molecule has 6 heteroatoms. The lowest BCUT2D eigenvalue weighted by Crippen LogP contribution is -2.39. The summed E-state index contributed by atoms with van der Waals surface area (Å²) in [4.78, 5) is 14.2. The van der Waals surface area contributed by atoms with Gasteiger partial charge in [0.05, 0.1) is 17.4 Å². The van der Waals surface area contributed by atoms with Gasteiger partial charge in [-0.25, -0.2) is 4.68 Å². The van der Waals surface area contributed by atoms with E-state index >= 15 is 0 Å². The number of carbonyl (C=O) groups is 1. The molecule has 0 aliphatic carbocycles. The van der Waals surface area contributed by atoms with Crippen molar-refractivity contribution >= 4 is 21.8 Å². The highest BCUT2D eigenvalue weighted by molar-refractivity contribution is 9.10. The average Bonchev–Trinajstić information content (AvgIpc) is 2.96. The van der Waals surface area contributed by atoms with E-state index in [1.54, 1.807) is 29.0 Å². The molecule has 5 nitrogen and oxygen atoms in total. The molecular formula is C16H21BrN4O. The number of benzene rings is 1. The number of nitrogens with zero attached hydrogens (tertiary/aromatic N) is 3. The largest absolute Gasteiger partial charge is 0.341 e. The Bertz CT molecular complexity index is 648. The predicted octanol–water partition coefficient (Wildman–Crippen LogP) is 2.69. The number of nitrogens with two attached hydrogens (primary N) is 1. The number of aromatic nitrogens is 2. The molecular weight excluding hydrogens is 344 g/mol. The molecule has 2 aromatic rings. The summed E-state index contributed by atoms with van der Waals surface area (Å²) in [6, 6.07) is 7.75. The maximum atomic E-state index is 12.5. The molecule has 2 rings (SSSR count). The Morgan fingerprint density at radius 1 is 1.36 bits per heavy atom. The highest BCUT2D eigenvalue weighted by Crippen LogP contribution is 2.17. The Kier molecular flexibility index (Phi) is 5.03. The van der Waals surface area contributed by atoms with Gasteiger partial charge in [-0.1, -0.05) is 29.8 Å². The van der Waals surface area contributed by atoms with Crippen molar-refractivity contribution in [2.24, 2.45) is 11.1 Å². The lowest BCUT2D eigenvalue weighted by molar-refractivity contribution is 0.0740. The third-order valence-electron chi connectivity index (χ3n) is 3.49. The van der Waals surface area contributed by atoms with Crippen molar-refractivity contribution in [2.45, 2.75) is 13.8 Å². The third kappa shape index (κ3) is 3.96. The van der Waals surface area contributed by atoms with Gasteiger partial charge in [0.1, 0.15) is 0 Å². The molecule has 1 heterocycles. The van der Waals surface area contributed by atoms with E-state index in [1.807, 2.05) is 38.1 Å². The highest BCUT2D eigenvalue weighted by Gasteiger charge is 2.22. The Morgan fingerprint density at radius 3 is 2.59 bits per heavy atom. The number of hydrogen-bond acceptors (Lipinski definition) is 3. The number of halogens is 1. The summed E-state index contributed by atoms with van der Waals surface area (Å²) in [5.74, 6) is -0.0510.